The van der Waals surface area contributed by atoms with Crippen LogP contribution in [0.1, 0.15) is 37.6 Å². The van der Waals surface area contributed by atoms with Crippen LogP contribution in [0.15, 0.2) is 18.2 Å². The highest BCUT2D eigenvalue weighted by molar-refractivity contribution is 5.82. The van der Waals surface area contributed by atoms with Crippen molar-refractivity contribution in [3.05, 3.63) is 23.8 Å². The van der Waals surface area contributed by atoms with Crippen molar-refractivity contribution >= 4 is 12.2 Å². The van der Waals surface area contributed by atoms with E-state index in [-0.39, 0.29) is 18.6 Å². The molecule has 0 heterocycles. The molecule has 110 valence electrons. The number of ether oxygens (including phenoxy) is 2. The Labute approximate surface area is 119 Å². The van der Waals surface area contributed by atoms with Crippen LogP contribution >= 0.6 is 0 Å². The summed E-state index contributed by atoms with van der Waals surface area (Å²) < 4.78 is 10.8. The molecule has 1 aromatic carbocycles. The lowest BCUT2D eigenvalue weighted by Crippen LogP contribution is -2.35. The largest absolute Gasteiger partial charge is 0.490 e. The van der Waals surface area contributed by atoms with E-state index >= 15 is 0 Å². The van der Waals surface area contributed by atoms with Gasteiger partial charge in [0, 0.05) is 6.04 Å². The van der Waals surface area contributed by atoms with E-state index in [1.165, 1.54) is 0 Å². The van der Waals surface area contributed by atoms with E-state index in [0.717, 1.165) is 6.42 Å². The van der Waals surface area contributed by atoms with E-state index in [1.807, 2.05) is 20.8 Å². The fourth-order valence-corrected chi connectivity index (χ4v) is 1.61. The van der Waals surface area contributed by atoms with Gasteiger partial charge in [0.1, 0.15) is 0 Å². The average Bonchev–Trinajstić information content (AvgIpc) is 2.45. The molecule has 1 rings (SSSR count). The molecule has 20 heavy (non-hydrogen) atoms. The molecule has 0 saturated carbocycles. The number of para-hydroxylation sites is 1. The average molecular weight is 279 g/mol. The minimum Gasteiger partial charge on any atom is -0.490 e. The van der Waals surface area contributed by atoms with Gasteiger partial charge in [-0.25, -0.2) is 0 Å². The van der Waals surface area contributed by atoms with E-state index in [2.05, 4.69) is 5.32 Å². The summed E-state index contributed by atoms with van der Waals surface area (Å²) in [7, 11) is 0. The molecule has 0 aliphatic rings. The third-order valence-electron chi connectivity index (χ3n) is 2.80. The highest BCUT2D eigenvalue weighted by atomic mass is 16.5. The third-order valence-corrected chi connectivity index (χ3v) is 2.80. The van der Waals surface area contributed by atoms with Crippen molar-refractivity contribution < 1.29 is 19.1 Å². The number of carbonyl (C=O) groups excluding carboxylic acids is 2. The van der Waals surface area contributed by atoms with Crippen LogP contribution in [-0.2, 0) is 4.79 Å². The summed E-state index contributed by atoms with van der Waals surface area (Å²) in [5.74, 6) is 0.555. The monoisotopic (exact) mass is 279 g/mol. The van der Waals surface area contributed by atoms with Gasteiger partial charge in [0.05, 0.1) is 12.2 Å². The molecule has 5 nitrogen and oxygen atoms in total. The molecule has 0 fully saturated rings. The van der Waals surface area contributed by atoms with Crippen LogP contribution in [0.5, 0.6) is 11.5 Å². The van der Waals surface area contributed by atoms with Gasteiger partial charge < -0.3 is 14.8 Å². The molecule has 0 bridgehead atoms. The zero-order valence-electron chi connectivity index (χ0n) is 12.1. The van der Waals surface area contributed by atoms with Crippen LogP contribution in [0.4, 0.5) is 0 Å². The smallest absolute Gasteiger partial charge is 0.258 e. The topological polar surface area (TPSA) is 64.6 Å². The fourth-order valence-electron chi connectivity index (χ4n) is 1.61. The minimum absolute atomic E-state index is 0.0961. The van der Waals surface area contributed by atoms with E-state index in [9.17, 15) is 9.59 Å². The molecule has 5 heteroatoms. The second-order valence-electron chi connectivity index (χ2n) is 4.39. The Balaban J connectivity index is 2.75. The fraction of sp³-hybridized carbons (Fsp3) is 0.467. The number of aldehydes is 1. The lowest BCUT2D eigenvalue weighted by molar-refractivity contribution is -0.123. The molecule has 0 radical (unpaired) electrons. The molecule has 1 atom stereocenters. The van der Waals surface area contributed by atoms with Crippen molar-refractivity contribution in [2.45, 2.75) is 33.2 Å². The van der Waals surface area contributed by atoms with Crippen LogP contribution in [0.3, 0.4) is 0 Å². The molecule has 0 aliphatic heterocycles. The molecular weight excluding hydrogens is 258 g/mol. The molecule has 1 amide bonds. The maximum absolute atomic E-state index is 11.7. The van der Waals surface area contributed by atoms with E-state index in [1.54, 1.807) is 18.2 Å². The summed E-state index contributed by atoms with van der Waals surface area (Å²) in [4.78, 5) is 22.7. The SMILES string of the molecule is CCOc1cccc(C=O)c1OCC(=O)NC(C)CC. The molecule has 0 spiro atoms. The van der Waals surface area contributed by atoms with Gasteiger partial charge >= 0.3 is 0 Å². The molecule has 0 aliphatic carbocycles. The minimum atomic E-state index is -0.220. The van der Waals surface area contributed by atoms with Crippen molar-refractivity contribution in [1.29, 1.82) is 0 Å². The molecule has 1 unspecified atom stereocenters. The van der Waals surface area contributed by atoms with Gasteiger partial charge in [-0.1, -0.05) is 13.0 Å². The quantitative estimate of drug-likeness (QED) is 0.741. The Kier molecular flexibility index (Phi) is 6.56. The summed E-state index contributed by atoms with van der Waals surface area (Å²) in [5.41, 5.74) is 0.368. The van der Waals surface area contributed by atoms with Crippen molar-refractivity contribution in [1.82, 2.24) is 5.32 Å². The van der Waals surface area contributed by atoms with Gasteiger partial charge in [-0.05, 0) is 32.4 Å². The Morgan fingerprint density at radius 3 is 2.70 bits per heavy atom. The summed E-state index contributed by atoms with van der Waals surface area (Å²) in [6, 6.07) is 5.13. The highest BCUT2D eigenvalue weighted by Crippen LogP contribution is 2.30. The number of nitrogens with one attached hydrogen (secondary N) is 1. The van der Waals surface area contributed by atoms with Gasteiger partial charge in [0.25, 0.3) is 5.91 Å². The van der Waals surface area contributed by atoms with Crippen molar-refractivity contribution in [3.8, 4) is 11.5 Å². The normalized spacial score (nSPS) is 11.6. The molecule has 1 N–H and O–H groups in total. The summed E-state index contributed by atoms with van der Waals surface area (Å²) in [5, 5.41) is 2.80. The van der Waals surface area contributed by atoms with Gasteiger partial charge in [-0.3, -0.25) is 9.59 Å². The Morgan fingerprint density at radius 1 is 1.35 bits per heavy atom. The Hall–Kier alpha value is -2.04. The van der Waals surface area contributed by atoms with E-state index < -0.39 is 0 Å². The Morgan fingerprint density at radius 2 is 2.10 bits per heavy atom. The maximum Gasteiger partial charge on any atom is 0.258 e. The van der Waals surface area contributed by atoms with Crippen LogP contribution in [0, 0.1) is 0 Å². The first-order valence-corrected chi connectivity index (χ1v) is 6.75. The number of amides is 1. The molecule has 1 aromatic rings. The van der Waals surface area contributed by atoms with E-state index in [0.29, 0.717) is 30.0 Å². The molecule has 0 saturated heterocycles. The lowest BCUT2D eigenvalue weighted by atomic mass is 10.2. The molecular formula is C15H21NO4. The maximum atomic E-state index is 11.7. The number of hydrogen-bond acceptors (Lipinski definition) is 4. The van der Waals surface area contributed by atoms with Crippen LogP contribution in [0.25, 0.3) is 0 Å². The standard InChI is InChI=1S/C15H21NO4/c1-4-11(3)16-14(18)10-20-15-12(9-17)7-6-8-13(15)19-5-2/h6-9,11H,4-5,10H2,1-3H3,(H,16,18). The highest BCUT2D eigenvalue weighted by Gasteiger charge is 2.13. The van der Waals surface area contributed by atoms with Crippen molar-refractivity contribution in [3.63, 3.8) is 0 Å². The number of carbonyl (C=O) groups is 2. The lowest BCUT2D eigenvalue weighted by Gasteiger charge is -2.15. The molecule has 0 aromatic heterocycles. The predicted octanol–water partition coefficient (Wildman–Crippen LogP) is 2.19. The first kappa shape index (κ1) is 16.0. The second-order valence-corrected chi connectivity index (χ2v) is 4.39. The van der Waals surface area contributed by atoms with Gasteiger partial charge in [-0.2, -0.15) is 0 Å². The number of benzene rings is 1. The van der Waals surface area contributed by atoms with Crippen molar-refractivity contribution in [2.75, 3.05) is 13.2 Å². The first-order valence-electron chi connectivity index (χ1n) is 6.75. The summed E-state index contributed by atoms with van der Waals surface area (Å²) in [6.45, 7) is 6.06. The van der Waals surface area contributed by atoms with E-state index in [4.69, 9.17) is 9.47 Å². The summed E-state index contributed by atoms with van der Waals surface area (Å²) in [6.07, 6.45) is 1.53. The van der Waals surface area contributed by atoms with Crippen LogP contribution in [0.2, 0.25) is 0 Å². The number of hydrogen-bond donors (Lipinski definition) is 1. The predicted molar refractivity (Wildman–Crippen MR) is 76.4 cm³/mol. The van der Waals surface area contributed by atoms with Gasteiger partial charge in [0.2, 0.25) is 0 Å². The van der Waals surface area contributed by atoms with Gasteiger partial charge in [0.15, 0.2) is 24.4 Å². The Bertz CT molecular complexity index is 459. The third kappa shape index (κ3) is 4.57. The van der Waals surface area contributed by atoms with Gasteiger partial charge in [-0.15, -0.1) is 0 Å². The zero-order chi connectivity index (χ0) is 15.0. The van der Waals surface area contributed by atoms with Crippen LogP contribution in [-0.4, -0.2) is 31.4 Å². The zero-order valence-corrected chi connectivity index (χ0v) is 12.1. The first-order chi connectivity index (χ1) is 9.62. The van der Waals surface area contributed by atoms with Crippen molar-refractivity contribution in [2.24, 2.45) is 0 Å². The summed E-state index contributed by atoms with van der Waals surface area (Å²) >= 11 is 0. The van der Waals surface area contributed by atoms with Crippen LogP contribution < -0.4 is 14.8 Å². The second kappa shape index (κ2) is 8.19. The number of rotatable bonds is 8.